The molecule has 2 rings (SSSR count). The number of hydrogen-bond donors (Lipinski definition) is 0. The van der Waals surface area contributed by atoms with Crippen molar-refractivity contribution in [3.8, 4) is 0 Å². The molecule has 0 radical (unpaired) electrons. The minimum absolute atomic E-state index is 0.271. The van der Waals surface area contributed by atoms with Crippen LogP contribution in [0.1, 0.15) is 53.6 Å². The predicted octanol–water partition coefficient (Wildman–Crippen LogP) is 2.99. The van der Waals surface area contributed by atoms with E-state index < -0.39 is 9.84 Å². The summed E-state index contributed by atoms with van der Waals surface area (Å²) in [5.74, 6) is 0.0590. The summed E-state index contributed by atoms with van der Waals surface area (Å²) in [7, 11) is -3.03. The predicted molar refractivity (Wildman–Crippen MR) is 80.1 cm³/mol. The summed E-state index contributed by atoms with van der Waals surface area (Å²) in [5.41, 5.74) is 0. The SMILES string of the molecule is CC(C)c1ccc(C(=O)O[C@@H]2CC[C@@H](S(C)(=O)=O)C2)s1. The maximum atomic E-state index is 12.0. The summed E-state index contributed by atoms with van der Waals surface area (Å²) in [5, 5.41) is -0.366. The van der Waals surface area contributed by atoms with Gasteiger partial charge in [-0.2, -0.15) is 0 Å². The van der Waals surface area contributed by atoms with Gasteiger partial charge in [0.25, 0.3) is 0 Å². The van der Waals surface area contributed by atoms with Crippen LogP contribution in [0.15, 0.2) is 12.1 Å². The Balaban J connectivity index is 1.95. The lowest BCUT2D eigenvalue weighted by molar-refractivity contribution is 0.0324. The topological polar surface area (TPSA) is 60.4 Å². The maximum absolute atomic E-state index is 12.0. The highest BCUT2D eigenvalue weighted by Crippen LogP contribution is 2.29. The van der Waals surface area contributed by atoms with Crippen molar-refractivity contribution in [1.82, 2.24) is 0 Å². The van der Waals surface area contributed by atoms with E-state index >= 15 is 0 Å². The van der Waals surface area contributed by atoms with Gasteiger partial charge in [0.2, 0.25) is 0 Å². The van der Waals surface area contributed by atoms with E-state index in [1.54, 1.807) is 6.07 Å². The molecule has 1 aliphatic carbocycles. The smallest absolute Gasteiger partial charge is 0.348 e. The zero-order valence-corrected chi connectivity index (χ0v) is 13.6. The van der Waals surface area contributed by atoms with E-state index in [1.165, 1.54) is 17.6 Å². The zero-order valence-electron chi connectivity index (χ0n) is 12.0. The first-order chi connectivity index (χ1) is 9.27. The molecule has 4 nitrogen and oxygen atoms in total. The third kappa shape index (κ3) is 3.61. The zero-order chi connectivity index (χ0) is 14.9. The second-order valence-corrected chi connectivity index (χ2v) is 9.09. The lowest BCUT2D eigenvalue weighted by atomic mass is 10.2. The molecule has 1 aromatic rings. The van der Waals surface area contributed by atoms with E-state index in [2.05, 4.69) is 13.8 Å². The van der Waals surface area contributed by atoms with E-state index in [0.717, 1.165) is 4.88 Å². The number of esters is 1. The van der Waals surface area contributed by atoms with Crippen molar-refractivity contribution < 1.29 is 17.9 Å². The third-order valence-electron chi connectivity index (χ3n) is 3.61. The van der Waals surface area contributed by atoms with Crippen molar-refractivity contribution >= 4 is 27.1 Å². The largest absolute Gasteiger partial charge is 0.458 e. The number of carbonyl (C=O) groups excluding carboxylic acids is 1. The highest BCUT2D eigenvalue weighted by Gasteiger charge is 2.34. The Morgan fingerprint density at radius 2 is 2.05 bits per heavy atom. The van der Waals surface area contributed by atoms with Gasteiger partial charge in [0.1, 0.15) is 20.8 Å². The number of rotatable bonds is 4. The molecule has 1 aromatic heterocycles. The average molecular weight is 316 g/mol. The van der Waals surface area contributed by atoms with Crippen LogP contribution in [0.5, 0.6) is 0 Å². The van der Waals surface area contributed by atoms with Gasteiger partial charge in [-0.15, -0.1) is 11.3 Å². The first-order valence-corrected chi connectivity index (χ1v) is 9.54. The molecule has 0 N–H and O–H groups in total. The lowest BCUT2D eigenvalue weighted by Gasteiger charge is -2.11. The van der Waals surface area contributed by atoms with Crippen LogP contribution in [-0.2, 0) is 14.6 Å². The molecule has 0 unspecified atom stereocenters. The highest BCUT2D eigenvalue weighted by molar-refractivity contribution is 7.91. The van der Waals surface area contributed by atoms with Crippen LogP contribution in [0.2, 0.25) is 0 Å². The molecule has 0 bridgehead atoms. The molecule has 1 heterocycles. The molecule has 6 heteroatoms. The molecule has 1 fully saturated rings. The van der Waals surface area contributed by atoms with Gasteiger partial charge >= 0.3 is 5.97 Å². The van der Waals surface area contributed by atoms with Gasteiger partial charge in [0.15, 0.2) is 0 Å². The molecule has 1 aliphatic rings. The van der Waals surface area contributed by atoms with Crippen LogP contribution in [0.3, 0.4) is 0 Å². The van der Waals surface area contributed by atoms with Crippen LogP contribution in [-0.4, -0.2) is 32.0 Å². The molecular formula is C14H20O4S2. The van der Waals surface area contributed by atoms with Gasteiger partial charge in [-0.25, -0.2) is 13.2 Å². The average Bonchev–Trinajstić information content (AvgIpc) is 2.95. The molecule has 2 atom stereocenters. The van der Waals surface area contributed by atoms with Gasteiger partial charge < -0.3 is 4.74 Å². The maximum Gasteiger partial charge on any atom is 0.348 e. The summed E-state index contributed by atoms with van der Waals surface area (Å²) in [4.78, 5) is 13.8. The second-order valence-electron chi connectivity index (χ2n) is 5.65. The van der Waals surface area contributed by atoms with E-state index in [4.69, 9.17) is 4.74 Å². The van der Waals surface area contributed by atoms with Crippen molar-refractivity contribution in [2.75, 3.05) is 6.26 Å². The van der Waals surface area contributed by atoms with Crippen LogP contribution in [0, 0.1) is 0 Å². The monoisotopic (exact) mass is 316 g/mol. The van der Waals surface area contributed by atoms with E-state index in [1.807, 2.05) is 6.07 Å². The minimum Gasteiger partial charge on any atom is -0.458 e. The van der Waals surface area contributed by atoms with Gasteiger partial charge in [-0.1, -0.05) is 13.8 Å². The van der Waals surface area contributed by atoms with Crippen molar-refractivity contribution in [1.29, 1.82) is 0 Å². The van der Waals surface area contributed by atoms with Gasteiger partial charge in [0, 0.05) is 17.6 Å². The molecule has 0 saturated heterocycles. The van der Waals surface area contributed by atoms with Crippen LogP contribution < -0.4 is 0 Å². The third-order valence-corrected chi connectivity index (χ3v) is 6.62. The lowest BCUT2D eigenvalue weighted by Crippen LogP contribution is -2.19. The molecule has 0 aromatic carbocycles. The summed E-state index contributed by atoms with van der Waals surface area (Å²) < 4.78 is 28.4. The fraction of sp³-hybridized carbons (Fsp3) is 0.643. The van der Waals surface area contributed by atoms with Crippen LogP contribution in [0.25, 0.3) is 0 Å². The Hall–Kier alpha value is -0.880. The summed E-state index contributed by atoms with van der Waals surface area (Å²) >= 11 is 1.45. The van der Waals surface area contributed by atoms with Crippen molar-refractivity contribution in [3.63, 3.8) is 0 Å². The van der Waals surface area contributed by atoms with E-state index in [0.29, 0.717) is 30.1 Å². The standard InChI is InChI=1S/C14H20O4S2/c1-9(2)12-6-7-13(19-12)14(15)18-10-4-5-11(8-10)20(3,16)17/h6-7,9-11H,4-5,8H2,1-3H3/t10-,11-/m1/s1. The Morgan fingerprint density at radius 1 is 1.35 bits per heavy atom. The normalized spacial score (nSPS) is 23.2. The number of thiophene rings is 1. The first-order valence-electron chi connectivity index (χ1n) is 6.77. The minimum atomic E-state index is -3.03. The molecular weight excluding hydrogens is 296 g/mol. The molecule has 112 valence electrons. The molecule has 0 amide bonds. The van der Waals surface area contributed by atoms with Crippen LogP contribution >= 0.6 is 11.3 Å². The highest BCUT2D eigenvalue weighted by atomic mass is 32.2. The van der Waals surface area contributed by atoms with Crippen molar-refractivity contribution in [3.05, 3.63) is 21.9 Å². The summed E-state index contributed by atoms with van der Waals surface area (Å²) in [6.07, 6.45) is 2.61. The molecule has 0 spiro atoms. The second kappa shape index (κ2) is 5.85. The van der Waals surface area contributed by atoms with E-state index in [-0.39, 0.29) is 17.3 Å². The Labute approximate surface area is 124 Å². The van der Waals surface area contributed by atoms with Crippen molar-refractivity contribution in [2.24, 2.45) is 0 Å². The number of ether oxygens (including phenoxy) is 1. The van der Waals surface area contributed by atoms with Gasteiger partial charge in [-0.3, -0.25) is 0 Å². The quantitative estimate of drug-likeness (QED) is 0.801. The number of sulfone groups is 1. The Morgan fingerprint density at radius 3 is 2.55 bits per heavy atom. The van der Waals surface area contributed by atoms with Crippen LogP contribution in [0.4, 0.5) is 0 Å². The number of hydrogen-bond acceptors (Lipinski definition) is 5. The number of carbonyl (C=O) groups is 1. The Kier molecular flexibility index (Phi) is 4.54. The summed E-state index contributed by atoms with van der Waals surface area (Å²) in [6, 6.07) is 3.73. The Bertz CT molecular complexity index is 586. The molecule has 0 aliphatic heterocycles. The van der Waals surface area contributed by atoms with E-state index in [9.17, 15) is 13.2 Å². The van der Waals surface area contributed by atoms with Gasteiger partial charge in [-0.05, 0) is 30.9 Å². The fourth-order valence-corrected chi connectivity index (χ4v) is 4.40. The fourth-order valence-electron chi connectivity index (χ4n) is 2.38. The molecule has 20 heavy (non-hydrogen) atoms. The van der Waals surface area contributed by atoms with Crippen molar-refractivity contribution in [2.45, 2.75) is 50.4 Å². The first kappa shape index (κ1) is 15.5. The van der Waals surface area contributed by atoms with Gasteiger partial charge in [0.05, 0.1) is 5.25 Å². The molecule has 1 saturated carbocycles. The summed E-state index contributed by atoms with van der Waals surface area (Å²) in [6.45, 7) is 4.16.